The van der Waals surface area contributed by atoms with E-state index in [0.717, 1.165) is 53.9 Å². The van der Waals surface area contributed by atoms with Crippen molar-refractivity contribution in [1.29, 1.82) is 5.26 Å². The highest BCUT2D eigenvalue weighted by molar-refractivity contribution is 5.93. The molecule has 0 spiro atoms. The Morgan fingerprint density at radius 1 is 0.842 bits per heavy atom. The van der Waals surface area contributed by atoms with Gasteiger partial charge >= 0.3 is 6.03 Å². The second kappa shape index (κ2) is 12.1. The van der Waals surface area contributed by atoms with E-state index in [-0.39, 0.29) is 18.1 Å². The lowest BCUT2D eigenvalue weighted by Gasteiger charge is -2.37. The van der Waals surface area contributed by atoms with Crippen LogP contribution in [0.2, 0.25) is 0 Å². The fourth-order valence-corrected chi connectivity index (χ4v) is 5.03. The first kappa shape index (κ1) is 25.0. The normalized spacial score (nSPS) is 16.7. The van der Waals surface area contributed by atoms with Crippen molar-refractivity contribution in [3.05, 3.63) is 114 Å². The molecule has 0 aliphatic heterocycles. The van der Waals surface area contributed by atoms with E-state index in [2.05, 4.69) is 58.1 Å². The molecule has 1 aromatic heterocycles. The van der Waals surface area contributed by atoms with Crippen LogP contribution in [-0.2, 0) is 6.54 Å². The summed E-state index contributed by atoms with van der Waals surface area (Å²) in [7, 11) is 0. The Bertz CT molecular complexity index is 1360. The minimum atomic E-state index is -0.0773. The molecule has 3 aromatic carbocycles. The van der Waals surface area contributed by atoms with Crippen molar-refractivity contribution in [2.75, 3.05) is 10.2 Å². The molecule has 6 heteroatoms. The number of nitrogens with one attached hydrogen (secondary N) is 2. The Morgan fingerprint density at radius 3 is 2.13 bits per heavy atom. The number of pyridine rings is 1. The summed E-state index contributed by atoms with van der Waals surface area (Å²) in [5, 5.41) is 15.6. The van der Waals surface area contributed by atoms with Gasteiger partial charge in [0.1, 0.15) is 11.9 Å². The van der Waals surface area contributed by atoms with Crippen LogP contribution in [0.25, 0.3) is 11.1 Å². The summed E-state index contributed by atoms with van der Waals surface area (Å²) in [6.45, 7) is 0.486. The zero-order valence-corrected chi connectivity index (χ0v) is 21.3. The number of nitriles is 1. The van der Waals surface area contributed by atoms with Gasteiger partial charge in [-0.3, -0.25) is 4.90 Å². The van der Waals surface area contributed by atoms with Crippen LogP contribution < -0.4 is 15.5 Å². The van der Waals surface area contributed by atoms with Gasteiger partial charge in [-0.1, -0.05) is 72.8 Å². The first-order valence-electron chi connectivity index (χ1n) is 13.1. The number of nitrogens with zero attached hydrogens (tertiary/aromatic N) is 3. The number of rotatable bonds is 7. The highest BCUT2D eigenvalue weighted by Gasteiger charge is 2.30. The van der Waals surface area contributed by atoms with E-state index >= 15 is 0 Å². The van der Waals surface area contributed by atoms with Crippen LogP contribution in [0.3, 0.4) is 0 Å². The summed E-state index contributed by atoms with van der Waals surface area (Å²) >= 11 is 0. The zero-order chi connectivity index (χ0) is 26.2. The first-order valence-corrected chi connectivity index (χ1v) is 13.1. The average Bonchev–Trinajstić information content (AvgIpc) is 2.99. The van der Waals surface area contributed by atoms with E-state index < -0.39 is 0 Å². The van der Waals surface area contributed by atoms with Gasteiger partial charge < -0.3 is 10.6 Å². The highest BCUT2D eigenvalue weighted by atomic mass is 16.2. The number of anilines is 2. The topological polar surface area (TPSA) is 81.0 Å². The Hall–Kier alpha value is -4.63. The summed E-state index contributed by atoms with van der Waals surface area (Å²) in [5.74, 6) is 0.779. The lowest BCUT2D eigenvalue weighted by Crippen LogP contribution is -2.48. The molecule has 6 nitrogen and oxygen atoms in total. The minimum absolute atomic E-state index is 0.0773. The third-order valence-corrected chi connectivity index (χ3v) is 7.06. The van der Waals surface area contributed by atoms with Crippen LogP contribution in [-0.4, -0.2) is 23.1 Å². The largest absolute Gasteiger partial charge is 0.367 e. The molecule has 190 valence electrons. The molecule has 2 N–H and O–H groups in total. The Kier molecular flexibility index (Phi) is 7.95. The first-order chi connectivity index (χ1) is 18.7. The summed E-state index contributed by atoms with van der Waals surface area (Å²) in [6.07, 6.45) is 5.21. The van der Waals surface area contributed by atoms with E-state index in [4.69, 9.17) is 5.26 Å². The molecule has 1 aliphatic rings. The maximum Gasteiger partial charge on any atom is 0.322 e. The third-order valence-electron chi connectivity index (χ3n) is 7.06. The van der Waals surface area contributed by atoms with Crippen LogP contribution in [0, 0.1) is 11.3 Å². The molecular weight excluding hydrogens is 470 g/mol. The maximum atomic E-state index is 13.6. The molecule has 0 radical (unpaired) electrons. The quantitative estimate of drug-likeness (QED) is 0.293. The summed E-state index contributed by atoms with van der Waals surface area (Å²) in [6, 6.07) is 34.6. The Balaban J connectivity index is 1.29. The number of benzene rings is 3. The number of carbonyl (C=O) groups is 1. The van der Waals surface area contributed by atoms with Gasteiger partial charge in [0.05, 0.1) is 5.56 Å². The molecule has 1 saturated carbocycles. The number of aromatic nitrogens is 1. The summed E-state index contributed by atoms with van der Waals surface area (Å²) in [5.41, 5.74) is 4.81. The van der Waals surface area contributed by atoms with Gasteiger partial charge in [-0.05, 0) is 66.6 Å². The third kappa shape index (κ3) is 6.19. The van der Waals surface area contributed by atoms with Crippen LogP contribution in [0.15, 0.2) is 103 Å². The predicted octanol–water partition coefficient (Wildman–Crippen LogP) is 6.76. The van der Waals surface area contributed by atoms with Crippen LogP contribution in [0.4, 0.5) is 16.3 Å². The van der Waals surface area contributed by atoms with Gasteiger partial charge in [-0.2, -0.15) is 5.26 Å². The number of urea groups is 1. The minimum Gasteiger partial charge on any atom is -0.367 e. The van der Waals surface area contributed by atoms with Crippen molar-refractivity contribution >= 4 is 17.5 Å². The van der Waals surface area contributed by atoms with Crippen LogP contribution in [0.5, 0.6) is 0 Å². The van der Waals surface area contributed by atoms with Crippen molar-refractivity contribution in [1.82, 2.24) is 10.3 Å². The average molecular weight is 502 g/mol. The van der Waals surface area contributed by atoms with Gasteiger partial charge in [-0.25, -0.2) is 9.78 Å². The van der Waals surface area contributed by atoms with Gasteiger partial charge in [-0.15, -0.1) is 0 Å². The van der Waals surface area contributed by atoms with E-state index in [1.807, 2.05) is 59.5 Å². The standard InChI is InChI=1S/C32H31N5O/c33-21-25-11-20-31(34-23-25)36-28-14-18-30(19-15-28)37(32(38)35-22-24-7-3-1-4-8-24)29-16-12-27(13-17-29)26-9-5-2-6-10-26/h1-13,16-17,20,23,28,30H,14-15,18-19,22H2,(H,34,36)(H,35,38)/t28-,30-. The monoisotopic (exact) mass is 501 g/mol. The lowest BCUT2D eigenvalue weighted by atomic mass is 9.89. The molecule has 2 amide bonds. The molecule has 1 heterocycles. The van der Waals surface area contributed by atoms with E-state index in [1.54, 1.807) is 12.3 Å². The molecule has 1 fully saturated rings. The van der Waals surface area contributed by atoms with E-state index in [0.29, 0.717) is 12.1 Å². The second-order valence-electron chi connectivity index (χ2n) is 9.62. The number of carbonyl (C=O) groups excluding carboxylic acids is 1. The summed E-state index contributed by atoms with van der Waals surface area (Å²) in [4.78, 5) is 19.9. The molecule has 0 bridgehead atoms. The molecular formula is C32H31N5O. The lowest BCUT2D eigenvalue weighted by molar-refractivity contribution is 0.240. The molecule has 5 rings (SSSR count). The molecule has 0 saturated heterocycles. The van der Waals surface area contributed by atoms with Crippen LogP contribution >= 0.6 is 0 Å². The van der Waals surface area contributed by atoms with Crippen molar-refractivity contribution in [3.63, 3.8) is 0 Å². The van der Waals surface area contributed by atoms with E-state index in [9.17, 15) is 4.79 Å². The zero-order valence-electron chi connectivity index (χ0n) is 21.3. The Morgan fingerprint density at radius 2 is 1.50 bits per heavy atom. The van der Waals surface area contributed by atoms with Crippen molar-refractivity contribution < 1.29 is 4.79 Å². The van der Waals surface area contributed by atoms with E-state index in [1.165, 1.54) is 0 Å². The van der Waals surface area contributed by atoms with Gasteiger partial charge in [0.25, 0.3) is 0 Å². The van der Waals surface area contributed by atoms with Crippen LogP contribution in [0.1, 0.15) is 36.8 Å². The van der Waals surface area contributed by atoms with Gasteiger partial charge in [0, 0.05) is 30.5 Å². The highest BCUT2D eigenvalue weighted by Crippen LogP contribution is 2.31. The second-order valence-corrected chi connectivity index (χ2v) is 9.62. The van der Waals surface area contributed by atoms with Crippen molar-refractivity contribution in [3.8, 4) is 17.2 Å². The smallest absolute Gasteiger partial charge is 0.322 e. The number of amides is 2. The SMILES string of the molecule is N#Cc1ccc(N[C@H]2CC[C@H](N(C(=O)NCc3ccccc3)c3ccc(-c4ccccc4)cc3)CC2)nc1. The number of hydrogen-bond acceptors (Lipinski definition) is 4. The molecule has 0 unspecified atom stereocenters. The predicted molar refractivity (Wildman–Crippen MR) is 152 cm³/mol. The molecule has 0 atom stereocenters. The fraction of sp³-hybridized carbons (Fsp3) is 0.219. The molecule has 4 aromatic rings. The molecule has 38 heavy (non-hydrogen) atoms. The van der Waals surface area contributed by atoms with Gasteiger partial charge in [0.15, 0.2) is 0 Å². The molecule has 1 aliphatic carbocycles. The number of hydrogen-bond donors (Lipinski definition) is 2. The van der Waals surface area contributed by atoms with Crippen molar-refractivity contribution in [2.45, 2.75) is 44.3 Å². The summed E-state index contributed by atoms with van der Waals surface area (Å²) < 4.78 is 0. The fourth-order valence-electron chi connectivity index (χ4n) is 5.03. The Labute approximate surface area is 224 Å². The maximum absolute atomic E-state index is 13.6. The van der Waals surface area contributed by atoms with Crippen molar-refractivity contribution in [2.24, 2.45) is 0 Å². The van der Waals surface area contributed by atoms with Gasteiger partial charge in [0.2, 0.25) is 0 Å².